The smallest absolute Gasteiger partial charge is 0.300 e. The number of likely N-dealkylation sites (N-methyl/N-ethyl adjacent to an activating group) is 1. The molecule has 2 bridgehead atoms. The lowest BCUT2D eigenvalue weighted by atomic mass is 9.85. The van der Waals surface area contributed by atoms with Crippen LogP contribution in [0.3, 0.4) is 0 Å². The standard InChI is InChI=1S/C23H21N3O5/c1-3-22-16-9-18-19-14(8-13-6-4-5-7-17(13)24-19)10-26(18)20(27)15(16)11-30-23(29,31-22)12-25(2)21(22)28/h4-9,29H,3,10-12H2,1-2H3/t22-,23?/m0/s1. The molecule has 158 valence electrons. The number of benzene rings is 1. The summed E-state index contributed by atoms with van der Waals surface area (Å²) in [5, 5.41) is 11.9. The molecule has 5 heterocycles. The van der Waals surface area contributed by atoms with E-state index in [9.17, 15) is 14.7 Å². The van der Waals surface area contributed by atoms with Crippen LogP contribution in [0, 0.1) is 0 Å². The number of aromatic nitrogens is 2. The van der Waals surface area contributed by atoms with E-state index >= 15 is 0 Å². The Morgan fingerprint density at radius 2 is 2.03 bits per heavy atom. The molecule has 1 fully saturated rings. The van der Waals surface area contributed by atoms with E-state index in [2.05, 4.69) is 6.07 Å². The average Bonchev–Trinajstić information content (AvgIpc) is 3.06. The number of morpholine rings is 1. The number of rotatable bonds is 1. The lowest BCUT2D eigenvalue weighted by Crippen LogP contribution is -2.62. The molecule has 3 aliphatic rings. The lowest BCUT2D eigenvalue weighted by molar-refractivity contribution is -0.406. The van der Waals surface area contributed by atoms with Crippen molar-refractivity contribution in [3.63, 3.8) is 0 Å². The highest BCUT2D eigenvalue weighted by Crippen LogP contribution is 2.45. The zero-order valence-corrected chi connectivity index (χ0v) is 17.2. The maximum Gasteiger partial charge on any atom is 0.300 e. The number of amides is 1. The van der Waals surface area contributed by atoms with Crippen LogP contribution in [0.25, 0.3) is 22.3 Å². The van der Waals surface area contributed by atoms with Gasteiger partial charge in [-0.3, -0.25) is 9.59 Å². The van der Waals surface area contributed by atoms with Crippen molar-refractivity contribution < 1.29 is 19.4 Å². The number of carbonyl (C=O) groups excluding carboxylic acids is 1. The fraction of sp³-hybridized carbons (Fsp3) is 0.348. The number of hydrogen-bond donors (Lipinski definition) is 1. The van der Waals surface area contributed by atoms with Gasteiger partial charge in [0.2, 0.25) is 0 Å². The van der Waals surface area contributed by atoms with E-state index in [0.717, 1.165) is 22.2 Å². The highest BCUT2D eigenvalue weighted by Gasteiger charge is 2.57. The number of carbonyl (C=O) groups is 1. The van der Waals surface area contributed by atoms with Crippen LogP contribution in [0.15, 0.2) is 41.2 Å². The molecule has 3 aliphatic heterocycles. The molecule has 0 saturated carbocycles. The van der Waals surface area contributed by atoms with Gasteiger partial charge < -0.3 is 24.0 Å². The maximum absolute atomic E-state index is 13.6. The third-order valence-electron chi connectivity index (χ3n) is 6.61. The Bertz CT molecular complexity index is 1350. The summed E-state index contributed by atoms with van der Waals surface area (Å²) in [6.45, 7) is 1.93. The van der Waals surface area contributed by atoms with Crippen molar-refractivity contribution in [1.82, 2.24) is 14.5 Å². The molecule has 1 N–H and O–H groups in total. The molecule has 1 amide bonds. The average molecular weight is 419 g/mol. The highest BCUT2D eigenvalue weighted by atomic mass is 16.8. The van der Waals surface area contributed by atoms with Gasteiger partial charge in [-0.05, 0) is 24.6 Å². The molecule has 0 aliphatic carbocycles. The van der Waals surface area contributed by atoms with E-state index in [0.29, 0.717) is 23.4 Å². The van der Waals surface area contributed by atoms with E-state index in [1.54, 1.807) is 18.5 Å². The van der Waals surface area contributed by atoms with Crippen LogP contribution in [-0.4, -0.2) is 45.0 Å². The Kier molecular flexibility index (Phi) is 3.62. The van der Waals surface area contributed by atoms with Crippen molar-refractivity contribution in [2.75, 3.05) is 13.6 Å². The normalized spacial score (nSPS) is 26.4. The number of fused-ring (bicyclic) bond motifs is 8. The molecule has 1 saturated heterocycles. The van der Waals surface area contributed by atoms with Crippen molar-refractivity contribution >= 4 is 16.8 Å². The van der Waals surface area contributed by atoms with E-state index in [-0.39, 0.29) is 31.0 Å². The van der Waals surface area contributed by atoms with Gasteiger partial charge in [0.15, 0.2) is 5.60 Å². The molecule has 1 aromatic carbocycles. The summed E-state index contributed by atoms with van der Waals surface area (Å²) in [5.41, 5.74) is 2.19. The van der Waals surface area contributed by atoms with E-state index in [1.807, 2.05) is 30.3 Å². The second-order valence-corrected chi connectivity index (χ2v) is 8.45. The molecule has 8 heteroatoms. The zero-order chi connectivity index (χ0) is 21.5. The summed E-state index contributed by atoms with van der Waals surface area (Å²) < 4.78 is 13.2. The fourth-order valence-corrected chi connectivity index (χ4v) is 5.09. The molecule has 0 spiro atoms. The Labute approximate surface area is 177 Å². The minimum absolute atomic E-state index is 0.126. The van der Waals surface area contributed by atoms with Gasteiger partial charge in [-0.1, -0.05) is 25.1 Å². The van der Waals surface area contributed by atoms with Crippen molar-refractivity contribution in [2.45, 2.75) is 38.1 Å². The topological polar surface area (TPSA) is 93.9 Å². The number of hydrogen-bond acceptors (Lipinski definition) is 6. The van der Waals surface area contributed by atoms with Gasteiger partial charge in [0.1, 0.15) is 6.54 Å². The monoisotopic (exact) mass is 419 g/mol. The van der Waals surface area contributed by atoms with Gasteiger partial charge in [0.25, 0.3) is 11.5 Å². The number of pyridine rings is 2. The summed E-state index contributed by atoms with van der Waals surface area (Å²) >= 11 is 0. The first-order valence-electron chi connectivity index (χ1n) is 10.3. The molecule has 8 nitrogen and oxygen atoms in total. The summed E-state index contributed by atoms with van der Waals surface area (Å²) in [4.78, 5) is 33.0. The summed E-state index contributed by atoms with van der Waals surface area (Å²) in [6.07, 6.45) is 0.246. The van der Waals surface area contributed by atoms with Crippen molar-refractivity contribution in [1.29, 1.82) is 0 Å². The third kappa shape index (κ3) is 2.38. The van der Waals surface area contributed by atoms with E-state index < -0.39 is 11.6 Å². The Morgan fingerprint density at radius 3 is 2.84 bits per heavy atom. The molecule has 31 heavy (non-hydrogen) atoms. The van der Waals surface area contributed by atoms with Crippen LogP contribution in [0.4, 0.5) is 0 Å². The van der Waals surface area contributed by atoms with Crippen LogP contribution in [0.2, 0.25) is 0 Å². The van der Waals surface area contributed by atoms with Crippen molar-refractivity contribution in [3.8, 4) is 11.4 Å². The molecule has 2 aromatic heterocycles. The molecule has 0 radical (unpaired) electrons. The van der Waals surface area contributed by atoms with Gasteiger partial charge in [-0.2, -0.15) is 0 Å². The molecule has 2 atom stereocenters. The summed E-state index contributed by atoms with van der Waals surface area (Å²) in [5.74, 6) is -2.27. The molecule has 6 rings (SSSR count). The fourth-order valence-electron chi connectivity index (χ4n) is 5.09. The van der Waals surface area contributed by atoms with Gasteiger partial charge >= 0.3 is 5.97 Å². The van der Waals surface area contributed by atoms with Crippen LogP contribution in [0.5, 0.6) is 0 Å². The first-order chi connectivity index (χ1) is 14.8. The van der Waals surface area contributed by atoms with E-state index in [1.165, 1.54) is 4.90 Å². The number of ether oxygens (including phenoxy) is 2. The predicted molar refractivity (Wildman–Crippen MR) is 111 cm³/mol. The number of nitrogens with zero attached hydrogens (tertiary/aromatic N) is 3. The van der Waals surface area contributed by atoms with Gasteiger partial charge in [0, 0.05) is 23.6 Å². The Morgan fingerprint density at radius 1 is 1.23 bits per heavy atom. The minimum atomic E-state index is -1.97. The Balaban J connectivity index is 1.64. The van der Waals surface area contributed by atoms with Crippen LogP contribution < -0.4 is 5.56 Å². The van der Waals surface area contributed by atoms with E-state index in [4.69, 9.17) is 14.5 Å². The number of aliphatic hydroxyl groups is 1. The molecule has 3 aromatic rings. The molecular weight excluding hydrogens is 398 g/mol. The van der Waals surface area contributed by atoms with Crippen LogP contribution in [0.1, 0.15) is 30.0 Å². The van der Waals surface area contributed by atoms with Gasteiger partial charge in [-0.25, -0.2) is 4.98 Å². The van der Waals surface area contributed by atoms with Crippen LogP contribution >= 0.6 is 0 Å². The second kappa shape index (κ2) is 6.00. The number of β-amino-alcohol motifs (C(OH)–C–C–N with tert-alkyl or cyclic N) is 1. The molecule has 1 unspecified atom stereocenters. The van der Waals surface area contributed by atoms with Gasteiger partial charge in [0.05, 0.1) is 35.6 Å². The first-order valence-corrected chi connectivity index (χ1v) is 10.3. The molecular formula is C23H21N3O5. The summed E-state index contributed by atoms with van der Waals surface area (Å²) in [6, 6.07) is 11.7. The Hall–Kier alpha value is -3.07. The third-order valence-corrected chi connectivity index (χ3v) is 6.61. The highest BCUT2D eigenvalue weighted by molar-refractivity contribution is 5.89. The van der Waals surface area contributed by atoms with Crippen molar-refractivity contribution in [3.05, 3.63) is 63.4 Å². The van der Waals surface area contributed by atoms with Crippen LogP contribution in [-0.2, 0) is 33.0 Å². The maximum atomic E-state index is 13.6. The van der Waals surface area contributed by atoms with Gasteiger partial charge in [-0.15, -0.1) is 0 Å². The second-order valence-electron chi connectivity index (χ2n) is 8.45. The quantitative estimate of drug-likeness (QED) is 0.505. The minimum Gasteiger partial charge on any atom is -0.342 e. The first kappa shape index (κ1) is 18.7. The number of para-hydroxylation sites is 1. The lowest BCUT2D eigenvalue weighted by Gasteiger charge is -2.45. The van der Waals surface area contributed by atoms with Crippen molar-refractivity contribution in [2.24, 2.45) is 0 Å². The largest absolute Gasteiger partial charge is 0.342 e. The predicted octanol–water partition coefficient (Wildman–Crippen LogP) is 1.70. The SMILES string of the molecule is CC[C@@]12OC(O)(CN(C)C1=O)OCc1c2cc2n(c1=O)Cc1cc3ccccc3nc1-2. The summed E-state index contributed by atoms with van der Waals surface area (Å²) in [7, 11) is 1.60. The zero-order valence-electron chi connectivity index (χ0n) is 17.2.